The van der Waals surface area contributed by atoms with Gasteiger partial charge in [-0.1, -0.05) is 20.8 Å². The maximum Gasteiger partial charge on any atom is 0.325 e. The van der Waals surface area contributed by atoms with Crippen molar-refractivity contribution in [3.8, 4) is 0 Å². The lowest BCUT2D eigenvalue weighted by Crippen LogP contribution is -2.54. The molecule has 2 N–H and O–H groups in total. The van der Waals surface area contributed by atoms with Crippen LogP contribution in [-0.4, -0.2) is 34.8 Å². The molecule has 1 aromatic rings. The molecule has 3 rings (SSSR count). The Balaban J connectivity index is 1.71. The first-order valence-corrected chi connectivity index (χ1v) is 8.80. The number of imide groups is 1. The Morgan fingerprint density at radius 1 is 1.27 bits per heavy atom. The number of rotatable bonds is 3. The second-order valence-electron chi connectivity index (χ2n) is 8.31. The minimum absolute atomic E-state index is 0.0625. The Bertz CT molecular complexity index is 747. The van der Waals surface area contributed by atoms with Crippen molar-refractivity contribution in [1.29, 1.82) is 0 Å². The van der Waals surface area contributed by atoms with Gasteiger partial charge in [-0.25, -0.2) is 9.18 Å². The Kier molecular flexibility index (Phi) is 4.50. The monoisotopic (exact) mass is 361 g/mol. The lowest BCUT2D eigenvalue weighted by Gasteiger charge is -2.43. The number of carbonyl (C=O) groups excluding carboxylic acids is 3. The topological polar surface area (TPSA) is 78.5 Å². The Labute approximate surface area is 152 Å². The maximum atomic E-state index is 13.0. The van der Waals surface area contributed by atoms with E-state index in [0.29, 0.717) is 24.4 Å². The van der Waals surface area contributed by atoms with E-state index in [2.05, 4.69) is 31.4 Å². The first-order chi connectivity index (χ1) is 12.1. The molecule has 1 aliphatic carbocycles. The third-order valence-electron chi connectivity index (χ3n) is 5.05. The van der Waals surface area contributed by atoms with Gasteiger partial charge in [-0.3, -0.25) is 14.5 Å². The molecule has 0 unspecified atom stereocenters. The molecule has 1 heterocycles. The fourth-order valence-corrected chi connectivity index (χ4v) is 4.53. The molecule has 0 bridgehead atoms. The lowest BCUT2D eigenvalue weighted by atomic mass is 9.64. The molecule has 1 aromatic carbocycles. The summed E-state index contributed by atoms with van der Waals surface area (Å²) in [5.41, 5.74) is -0.577. The van der Waals surface area contributed by atoms with E-state index in [1.54, 1.807) is 0 Å². The van der Waals surface area contributed by atoms with E-state index >= 15 is 0 Å². The van der Waals surface area contributed by atoms with Crippen LogP contribution in [0, 0.1) is 17.2 Å². The molecule has 2 atom stereocenters. The molecule has 2 fully saturated rings. The van der Waals surface area contributed by atoms with Crippen molar-refractivity contribution in [3.63, 3.8) is 0 Å². The van der Waals surface area contributed by atoms with Gasteiger partial charge in [0.15, 0.2) is 0 Å². The van der Waals surface area contributed by atoms with Crippen LogP contribution in [0.15, 0.2) is 24.3 Å². The van der Waals surface area contributed by atoms with Gasteiger partial charge in [0.2, 0.25) is 5.91 Å². The van der Waals surface area contributed by atoms with E-state index in [1.165, 1.54) is 24.3 Å². The van der Waals surface area contributed by atoms with Gasteiger partial charge in [-0.05, 0) is 54.9 Å². The van der Waals surface area contributed by atoms with Crippen LogP contribution < -0.4 is 10.6 Å². The van der Waals surface area contributed by atoms with Gasteiger partial charge in [-0.2, -0.15) is 0 Å². The summed E-state index contributed by atoms with van der Waals surface area (Å²) < 4.78 is 12.9. The van der Waals surface area contributed by atoms with Gasteiger partial charge in [-0.15, -0.1) is 0 Å². The smallest absolute Gasteiger partial charge is 0.325 e. The highest BCUT2D eigenvalue weighted by Gasteiger charge is 2.56. The summed E-state index contributed by atoms with van der Waals surface area (Å²) >= 11 is 0. The van der Waals surface area contributed by atoms with Crippen molar-refractivity contribution in [2.45, 2.75) is 45.6 Å². The van der Waals surface area contributed by atoms with E-state index in [4.69, 9.17) is 0 Å². The number of carbonyl (C=O) groups is 3. The van der Waals surface area contributed by atoms with E-state index in [-0.39, 0.29) is 17.9 Å². The minimum Gasteiger partial charge on any atom is -0.325 e. The number of hydrogen-bond acceptors (Lipinski definition) is 3. The largest absolute Gasteiger partial charge is 0.325 e. The Hall–Kier alpha value is -2.44. The average Bonchev–Trinajstić information content (AvgIpc) is 2.71. The number of anilines is 1. The zero-order chi connectivity index (χ0) is 19.1. The van der Waals surface area contributed by atoms with Crippen LogP contribution in [0.25, 0.3) is 0 Å². The molecule has 6 nitrogen and oxygen atoms in total. The number of nitrogens with one attached hydrogen (secondary N) is 2. The molecule has 2 aliphatic rings. The normalized spacial score (nSPS) is 27.5. The number of halogens is 1. The quantitative estimate of drug-likeness (QED) is 0.813. The molecule has 1 aliphatic heterocycles. The second kappa shape index (κ2) is 6.37. The van der Waals surface area contributed by atoms with Crippen molar-refractivity contribution in [1.82, 2.24) is 10.2 Å². The van der Waals surface area contributed by atoms with Gasteiger partial charge in [0.25, 0.3) is 5.91 Å². The van der Waals surface area contributed by atoms with Gasteiger partial charge in [0.05, 0.1) is 0 Å². The summed E-state index contributed by atoms with van der Waals surface area (Å²) in [5.74, 6) is -0.944. The van der Waals surface area contributed by atoms with E-state index < -0.39 is 23.3 Å². The molecule has 0 radical (unpaired) electrons. The van der Waals surface area contributed by atoms with E-state index in [9.17, 15) is 18.8 Å². The molecular weight excluding hydrogens is 337 g/mol. The molecule has 1 spiro atoms. The molecule has 4 amide bonds. The van der Waals surface area contributed by atoms with Crippen LogP contribution >= 0.6 is 0 Å². The van der Waals surface area contributed by atoms with Crippen molar-refractivity contribution in [3.05, 3.63) is 30.1 Å². The molecule has 26 heavy (non-hydrogen) atoms. The number of amides is 4. The average molecular weight is 361 g/mol. The van der Waals surface area contributed by atoms with Crippen molar-refractivity contribution in [2.75, 3.05) is 11.9 Å². The number of benzene rings is 1. The summed E-state index contributed by atoms with van der Waals surface area (Å²) in [7, 11) is 0. The molecule has 7 heteroatoms. The Morgan fingerprint density at radius 2 is 1.92 bits per heavy atom. The Morgan fingerprint density at radius 3 is 2.54 bits per heavy atom. The molecular formula is C19H24FN3O3. The fraction of sp³-hybridized carbons (Fsp3) is 0.526. The molecule has 0 aromatic heterocycles. The summed E-state index contributed by atoms with van der Waals surface area (Å²) in [6.45, 7) is 5.89. The summed E-state index contributed by atoms with van der Waals surface area (Å²) in [6.07, 6.45) is 2.13. The number of nitrogens with zero attached hydrogens (tertiary/aromatic N) is 1. The van der Waals surface area contributed by atoms with Crippen LogP contribution in [0.4, 0.5) is 14.9 Å². The first-order valence-electron chi connectivity index (χ1n) is 8.80. The minimum atomic E-state index is -0.922. The third-order valence-corrected chi connectivity index (χ3v) is 5.05. The summed E-state index contributed by atoms with van der Waals surface area (Å²) in [5, 5.41) is 5.41. The van der Waals surface area contributed by atoms with Crippen molar-refractivity contribution < 1.29 is 18.8 Å². The SMILES string of the molecule is C[C@@H]1CC(C)(C)C[C@@]2(C1)NC(=O)N(CC(=O)Nc1ccc(F)cc1)C2=O. The molecule has 140 valence electrons. The van der Waals surface area contributed by atoms with Crippen LogP contribution in [-0.2, 0) is 9.59 Å². The van der Waals surface area contributed by atoms with Gasteiger partial charge in [0.1, 0.15) is 17.9 Å². The van der Waals surface area contributed by atoms with Crippen LogP contribution in [0.1, 0.15) is 40.0 Å². The van der Waals surface area contributed by atoms with E-state index in [1.807, 2.05) is 0 Å². The summed E-state index contributed by atoms with van der Waals surface area (Å²) in [4.78, 5) is 38.6. The number of hydrogen-bond donors (Lipinski definition) is 2. The highest BCUT2D eigenvalue weighted by molar-refractivity contribution is 6.10. The second-order valence-corrected chi connectivity index (χ2v) is 8.31. The van der Waals surface area contributed by atoms with Gasteiger partial charge >= 0.3 is 6.03 Å². The van der Waals surface area contributed by atoms with E-state index in [0.717, 1.165) is 11.3 Å². The summed E-state index contributed by atoms with van der Waals surface area (Å²) in [6, 6.07) is 4.76. The van der Waals surface area contributed by atoms with Crippen LogP contribution in [0.5, 0.6) is 0 Å². The van der Waals surface area contributed by atoms with Crippen molar-refractivity contribution in [2.24, 2.45) is 11.3 Å². The third kappa shape index (κ3) is 3.57. The van der Waals surface area contributed by atoms with Crippen LogP contribution in [0.2, 0.25) is 0 Å². The number of urea groups is 1. The lowest BCUT2D eigenvalue weighted by molar-refractivity contribution is -0.136. The van der Waals surface area contributed by atoms with Crippen molar-refractivity contribution >= 4 is 23.5 Å². The zero-order valence-corrected chi connectivity index (χ0v) is 15.3. The predicted molar refractivity (Wildman–Crippen MR) is 94.8 cm³/mol. The fourth-order valence-electron chi connectivity index (χ4n) is 4.53. The maximum absolute atomic E-state index is 13.0. The highest BCUT2D eigenvalue weighted by Crippen LogP contribution is 2.46. The first kappa shape index (κ1) is 18.4. The zero-order valence-electron chi connectivity index (χ0n) is 15.3. The molecule has 1 saturated carbocycles. The van der Waals surface area contributed by atoms with Crippen LogP contribution in [0.3, 0.4) is 0 Å². The van der Waals surface area contributed by atoms with Gasteiger partial charge in [0, 0.05) is 5.69 Å². The van der Waals surface area contributed by atoms with Gasteiger partial charge < -0.3 is 10.6 Å². The highest BCUT2D eigenvalue weighted by atomic mass is 19.1. The predicted octanol–water partition coefficient (Wildman–Crippen LogP) is 2.90. The molecule has 1 saturated heterocycles. The standard InChI is InChI=1S/C19H24FN3O3/c1-12-8-18(2,3)11-19(9-12)16(25)23(17(26)22-19)10-15(24)21-14-6-4-13(20)5-7-14/h4-7,12H,8-11H2,1-3H3,(H,21,24)(H,22,26)/t12-,19-/m1/s1.